The van der Waals surface area contributed by atoms with Crippen LogP contribution >= 0.6 is 11.6 Å². The molecule has 2 heterocycles. The standard InChI is InChI=1S/C16H25ClN6O2/c1-2-9-18-14-13-15(21-16(17)20-14)23(11-19-13)10-7-5-3-4-6-8-12(24)22-25/h11,25H,2-10H2,1H3,(H,22,24)(H,18,20,21). The second kappa shape index (κ2) is 10.1. The predicted molar refractivity (Wildman–Crippen MR) is 96.7 cm³/mol. The summed E-state index contributed by atoms with van der Waals surface area (Å²) in [6.45, 7) is 3.71. The zero-order chi connectivity index (χ0) is 18.1. The van der Waals surface area contributed by atoms with Gasteiger partial charge in [0.1, 0.15) is 0 Å². The highest BCUT2D eigenvalue weighted by atomic mass is 35.5. The van der Waals surface area contributed by atoms with Crippen molar-refractivity contribution in [2.75, 3.05) is 11.9 Å². The number of hydrogen-bond acceptors (Lipinski definition) is 6. The van der Waals surface area contributed by atoms with Crippen LogP contribution < -0.4 is 10.8 Å². The van der Waals surface area contributed by atoms with Crippen LogP contribution in [0.15, 0.2) is 6.33 Å². The van der Waals surface area contributed by atoms with E-state index < -0.39 is 0 Å². The number of carbonyl (C=O) groups is 1. The molecule has 9 heteroatoms. The Kier molecular flexibility index (Phi) is 7.87. The van der Waals surface area contributed by atoms with Gasteiger partial charge in [0.25, 0.3) is 0 Å². The molecule has 25 heavy (non-hydrogen) atoms. The Balaban J connectivity index is 1.83. The number of anilines is 1. The van der Waals surface area contributed by atoms with Gasteiger partial charge in [-0.2, -0.15) is 9.97 Å². The van der Waals surface area contributed by atoms with Gasteiger partial charge < -0.3 is 9.88 Å². The summed E-state index contributed by atoms with van der Waals surface area (Å²) in [4.78, 5) is 23.8. The zero-order valence-corrected chi connectivity index (χ0v) is 15.2. The van der Waals surface area contributed by atoms with Crippen LogP contribution in [-0.4, -0.2) is 37.2 Å². The van der Waals surface area contributed by atoms with E-state index in [1.54, 1.807) is 11.8 Å². The molecule has 0 aromatic carbocycles. The number of fused-ring (bicyclic) bond motifs is 1. The van der Waals surface area contributed by atoms with Gasteiger partial charge in [-0.3, -0.25) is 10.0 Å². The molecule has 0 spiro atoms. The Hall–Kier alpha value is -1.93. The maximum absolute atomic E-state index is 10.9. The first-order valence-corrected chi connectivity index (χ1v) is 9.08. The lowest BCUT2D eigenvalue weighted by Crippen LogP contribution is -2.17. The van der Waals surface area contributed by atoms with Gasteiger partial charge >= 0.3 is 0 Å². The smallest absolute Gasteiger partial charge is 0.243 e. The van der Waals surface area contributed by atoms with Crippen LogP contribution in [0.2, 0.25) is 5.28 Å². The van der Waals surface area contributed by atoms with Gasteiger partial charge in [0.2, 0.25) is 11.2 Å². The van der Waals surface area contributed by atoms with Crippen LogP contribution in [0.25, 0.3) is 11.2 Å². The first-order valence-electron chi connectivity index (χ1n) is 8.71. The fourth-order valence-corrected chi connectivity index (χ4v) is 2.77. The van der Waals surface area contributed by atoms with E-state index in [0.717, 1.165) is 62.8 Å². The van der Waals surface area contributed by atoms with E-state index in [9.17, 15) is 4.79 Å². The molecule has 0 aliphatic heterocycles. The number of aromatic nitrogens is 4. The molecule has 0 saturated heterocycles. The Morgan fingerprint density at radius 3 is 2.76 bits per heavy atom. The SMILES string of the molecule is CCCNc1nc(Cl)nc2c1ncn2CCCCCCCC(=O)NO. The number of imidazole rings is 1. The molecule has 138 valence electrons. The molecule has 0 radical (unpaired) electrons. The third-order valence-corrected chi connectivity index (χ3v) is 4.08. The van der Waals surface area contributed by atoms with Gasteiger partial charge in [-0.25, -0.2) is 10.5 Å². The molecule has 0 unspecified atom stereocenters. The number of unbranched alkanes of at least 4 members (excludes halogenated alkanes) is 4. The van der Waals surface area contributed by atoms with E-state index in [1.165, 1.54) is 0 Å². The number of hydrogen-bond donors (Lipinski definition) is 3. The summed E-state index contributed by atoms with van der Waals surface area (Å²) in [5.74, 6) is 0.353. The lowest BCUT2D eigenvalue weighted by molar-refractivity contribution is -0.129. The normalized spacial score (nSPS) is 11.0. The van der Waals surface area contributed by atoms with Gasteiger partial charge in [-0.15, -0.1) is 0 Å². The highest BCUT2D eigenvalue weighted by Gasteiger charge is 2.12. The highest BCUT2D eigenvalue weighted by Crippen LogP contribution is 2.21. The fraction of sp³-hybridized carbons (Fsp3) is 0.625. The molecule has 0 fully saturated rings. The predicted octanol–water partition coefficient (Wildman–Crippen LogP) is 3.15. The summed E-state index contributed by atoms with van der Waals surface area (Å²) in [6.07, 6.45) is 7.99. The lowest BCUT2D eigenvalue weighted by atomic mass is 10.1. The number of amides is 1. The van der Waals surface area contributed by atoms with Crippen LogP contribution in [0.3, 0.4) is 0 Å². The number of hydroxylamine groups is 1. The van der Waals surface area contributed by atoms with Crippen LogP contribution in [0.4, 0.5) is 5.82 Å². The van der Waals surface area contributed by atoms with Crippen molar-refractivity contribution in [2.24, 2.45) is 0 Å². The molecule has 2 aromatic rings. The summed E-state index contributed by atoms with van der Waals surface area (Å²) in [5.41, 5.74) is 3.14. The minimum Gasteiger partial charge on any atom is -0.368 e. The molecule has 8 nitrogen and oxygen atoms in total. The molecule has 0 aliphatic rings. The number of carbonyl (C=O) groups excluding carboxylic acids is 1. The van der Waals surface area contributed by atoms with Crippen molar-refractivity contribution in [1.82, 2.24) is 25.0 Å². The Morgan fingerprint density at radius 1 is 1.24 bits per heavy atom. The number of aryl methyl sites for hydroxylation is 1. The summed E-state index contributed by atoms with van der Waals surface area (Å²) < 4.78 is 2.00. The summed E-state index contributed by atoms with van der Waals surface area (Å²) in [7, 11) is 0. The molecular formula is C16H25ClN6O2. The van der Waals surface area contributed by atoms with E-state index >= 15 is 0 Å². The largest absolute Gasteiger partial charge is 0.368 e. The van der Waals surface area contributed by atoms with Gasteiger partial charge in [-0.05, 0) is 30.9 Å². The molecule has 1 amide bonds. The topological polar surface area (TPSA) is 105 Å². The first-order chi connectivity index (χ1) is 12.2. The lowest BCUT2D eigenvalue weighted by Gasteiger charge is -2.07. The summed E-state index contributed by atoms with van der Waals surface area (Å²) in [5, 5.41) is 11.9. The average Bonchev–Trinajstić information content (AvgIpc) is 3.01. The first kappa shape index (κ1) is 19.4. The average molecular weight is 369 g/mol. The van der Waals surface area contributed by atoms with E-state index in [4.69, 9.17) is 16.8 Å². The number of rotatable bonds is 11. The molecule has 0 atom stereocenters. The van der Waals surface area contributed by atoms with Crippen LogP contribution in [0.5, 0.6) is 0 Å². The second-order valence-electron chi connectivity index (χ2n) is 5.93. The van der Waals surface area contributed by atoms with Crippen molar-refractivity contribution in [2.45, 2.75) is 58.4 Å². The molecule has 0 saturated carbocycles. The van der Waals surface area contributed by atoms with E-state index in [-0.39, 0.29) is 11.2 Å². The molecular weight excluding hydrogens is 344 g/mol. The Labute approximate surface area is 152 Å². The summed E-state index contributed by atoms with van der Waals surface area (Å²) >= 11 is 6.03. The zero-order valence-electron chi connectivity index (χ0n) is 14.5. The maximum atomic E-state index is 10.9. The van der Waals surface area contributed by atoms with Crippen LogP contribution in [0.1, 0.15) is 51.9 Å². The molecule has 3 N–H and O–H groups in total. The molecule has 0 bridgehead atoms. The van der Waals surface area contributed by atoms with Crippen molar-refractivity contribution in [3.05, 3.63) is 11.6 Å². The van der Waals surface area contributed by atoms with Crippen LogP contribution in [0, 0.1) is 0 Å². The third kappa shape index (κ3) is 5.82. The minimum absolute atomic E-state index is 0.218. The van der Waals surface area contributed by atoms with E-state index in [2.05, 4.69) is 27.2 Å². The van der Waals surface area contributed by atoms with Crippen LogP contribution in [-0.2, 0) is 11.3 Å². The van der Waals surface area contributed by atoms with Gasteiger partial charge in [0.15, 0.2) is 17.0 Å². The highest BCUT2D eigenvalue weighted by molar-refractivity contribution is 6.28. The quantitative estimate of drug-likeness (QED) is 0.243. The van der Waals surface area contributed by atoms with E-state index in [1.807, 2.05) is 4.57 Å². The summed E-state index contributed by atoms with van der Waals surface area (Å²) in [6, 6.07) is 0. The number of nitrogens with one attached hydrogen (secondary N) is 2. The van der Waals surface area contributed by atoms with Gasteiger partial charge in [0, 0.05) is 19.5 Å². The van der Waals surface area contributed by atoms with Crippen molar-refractivity contribution in [3.8, 4) is 0 Å². The van der Waals surface area contributed by atoms with Crippen molar-refractivity contribution in [1.29, 1.82) is 0 Å². The monoisotopic (exact) mass is 368 g/mol. The minimum atomic E-state index is -0.325. The molecule has 2 rings (SSSR count). The fourth-order valence-electron chi connectivity index (χ4n) is 2.60. The van der Waals surface area contributed by atoms with Gasteiger partial charge in [0.05, 0.1) is 6.33 Å². The third-order valence-electron chi connectivity index (χ3n) is 3.91. The Bertz CT molecular complexity index is 691. The van der Waals surface area contributed by atoms with Crippen molar-refractivity contribution >= 4 is 34.5 Å². The van der Waals surface area contributed by atoms with Gasteiger partial charge in [-0.1, -0.05) is 26.2 Å². The van der Waals surface area contributed by atoms with E-state index in [0.29, 0.717) is 12.2 Å². The molecule has 2 aromatic heterocycles. The van der Waals surface area contributed by atoms with Crippen molar-refractivity contribution < 1.29 is 10.0 Å². The number of nitrogens with zero attached hydrogens (tertiary/aromatic N) is 4. The maximum Gasteiger partial charge on any atom is 0.243 e. The second-order valence-corrected chi connectivity index (χ2v) is 6.27. The Morgan fingerprint density at radius 2 is 2.00 bits per heavy atom. The van der Waals surface area contributed by atoms with Crippen molar-refractivity contribution in [3.63, 3.8) is 0 Å². The number of halogens is 1. The molecule has 0 aliphatic carbocycles.